The van der Waals surface area contributed by atoms with E-state index in [1.807, 2.05) is 0 Å². The van der Waals surface area contributed by atoms with Gasteiger partial charge in [-0.1, -0.05) is 60.1 Å². The fraction of sp³-hybridized carbons (Fsp3) is 0.667. The van der Waals surface area contributed by atoms with Crippen molar-refractivity contribution in [2.24, 2.45) is 0 Å². The largest absolute Gasteiger partial charge is 0.0654 e. The smallest absolute Gasteiger partial charge is 0.0101 e. The highest BCUT2D eigenvalue weighted by Gasteiger charge is 2.25. The maximum absolute atomic E-state index is 2.44. The molecule has 0 radical (unpaired) electrons. The molecule has 0 saturated carbocycles. The zero-order valence-electron chi connectivity index (χ0n) is 13.6. The van der Waals surface area contributed by atoms with Crippen LogP contribution < -0.4 is 0 Å². The number of aryl methyl sites for hydroxylation is 1. The highest BCUT2D eigenvalue weighted by atomic mass is 14.3. The van der Waals surface area contributed by atoms with Gasteiger partial charge in [0.15, 0.2) is 0 Å². The number of hydrogen-bond donors (Lipinski definition) is 0. The molecule has 0 aliphatic carbocycles. The monoisotopic (exact) mass is 246 g/mol. The first-order valence-corrected chi connectivity index (χ1v) is 7.22. The lowest BCUT2D eigenvalue weighted by Gasteiger charge is -2.30. The Morgan fingerprint density at radius 2 is 1.50 bits per heavy atom. The summed E-state index contributed by atoms with van der Waals surface area (Å²) in [6.07, 6.45) is 2.49. The van der Waals surface area contributed by atoms with Crippen LogP contribution in [0.2, 0.25) is 0 Å². The third-order valence-electron chi connectivity index (χ3n) is 4.14. The Kier molecular flexibility index (Phi) is 4.30. The van der Waals surface area contributed by atoms with Gasteiger partial charge >= 0.3 is 0 Å². The van der Waals surface area contributed by atoms with Gasteiger partial charge in [-0.25, -0.2) is 0 Å². The summed E-state index contributed by atoms with van der Waals surface area (Å²) >= 11 is 0. The molecule has 0 aliphatic rings. The fourth-order valence-corrected chi connectivity index (χ4v) is 2.75. The lowest BCUT2D eigenvalue weighted by molar-refractivity contribution is 0.468. The van der Waals surface area contributed by atoms with Crippen LogP contribution in [0.5, 0.6) is 0 Å². The van der Waals surface area contributed by atoms with E-state index in [1.54, 1.807) is 0 Å². The molecule has 0 heterocycles. The highest BCUT2D eigenvalue weighted by molar-refractivity contribution is 5.43. The van der Waals surface area contributed by atoms with E-state index >= 15 is 0 Å². The Hall–Kier alpha value is -0.780. The van der Waals surface area contributed by atoms with Crippen molar-refractivity contribution in [3.63, 3.8) is 0 Å². The Labute approximate surface area is 114 Å². The van der Waals surface area contributed by atoms with Gasteiger partial charge in [-0.2, -0.15) is 0 Å². The summed E-state index contributed by atoms with van der Waals surface area (Å²) in [7, 11) is 0. The van der Waals surface area contributed by atoms with Crippen LogP contribution in [0.4, 0.5) is 0 Å². The summed E-state index contributed by atoms with van der Waals surface area (Å²) in [5.74, 6) is 0. The average molecular weight is 246 g/mol. The Morgan fingerprint density at radius 3 is 1.94 bits per heavy atom. The van der Waals surface area contributed by atoms with Gasteiger partial charge in [0, 0.05) is 0 Å². The molecule has 0 fully saturated rings. The molecular formula is C18H30. The first-order valence-electron chi connectivity index (χ1n) is 7.22. The SMILES string of the molecule is CCCC(C)(C)c1cc(C(C)(C)C)cc(C)c1C. The third-order valence-corrected chi connectivity index (χ3v) is 4.14. The molecule has 0 N–H and O–H groups in total. The second kappa shape index (κ2) is 5.07. The third kappa shape index (κ3) is 3.16. The number of rotatable bonds is 3. The molecular weight excluding hydrogens is 216 g/mol. The Bertz CT molecular complexity index is 416. The lowest BCUT2D eigenvalue weighted by Crippen LogP contribution is -2.21. The molecule has 102 valence electrons. The molecule has 0 nitrogen and oxygen atoms in total. The van der Waals surface area contributed by atoms with E-state index in [1.165, 1.54) is 35.1 Å². The molecule has 0 saturated heterocycles. The molecule has 0 aromatic heterocycles. The predicted molar refractivity (Wildman–Crippen MR) is 82.6 cm³/mol. The van der Waals surface area contributed by atoms with Crippen molar-refractivity contribution in [3.05, 3.63) is 34.4 Å². The zero-order chi connectivity index (χ0) is 14.1. The first-order chi connectivity index (χ1) is 8.09. The second-order valence-corrected chi connectivity index (χ2v) is 7.35. The minimum Gasteiger partial charge on any atom is -0.0654 e. The van der Waals surface area contributed by atoms with Crippen molar-refractivity contribution < 1.29 is 0 Å². The van der Waals surface area contributed by atoms with Crippen LogP contribution in [0.15, 0.2) is 12.1 Å². The Balaban J connectivity index is 3.40. The van der Waals surface area contributed by atoms with Crippen molar-refractivity contribution >= 4 is 0 Å². The van der Waals surface area contributed by atoms with Crippen LogP contribution in [0.1, 0.15) is 76.6 Å². The van der Waals surface area contributed by atoms with Crippen molar-refractivity contribution in [2.45, 2.75) is 79.1 Å². The van der Waals surface area contributed by atoms with E-state index in [9.17, 15) is 0 Å². The maximum atomic E-state index is 2.44. The molecule has 18 heavy (non-hydrogen) atoms. The molecule has 0 amide bonds. The molecule has 0 aliphatic heterocycles. The predicted octanol–water partition coefficient (Wildman–Crippen LogP) is 5.68. The topological polar surface area (TPSA) is 0 Å². The van der Waals surface area contributed by atoms with E-state index in [0.717, 1.165) is 0 Å². The van der Waals surface area contributed by atoms with E-state index in [-0.39, 0.29) is 10.8 Å². The minimum absolute atomic E-state index is 0.232. The van der Waals surface area contributed by atoms with Crippen LogP contribution >= 0.6 is 0 Å². The molecule has 1 aromatic rings. The number of hydrogen-bond acceptors (Lipinski definition) is 0. The highest BCUT2D eigenvalue weighted by Crippen LogP contribution is 2.35. The van der Waals surface area contributed by atoms with Crippen molar-refractivity contribution in [2.75, 3.05) is 0 Å². The molecule has 1 rings (SSSR count). The molecule has 0 spiro atoms. The van der Waals surface area contributed by atoms with Crippen LogP contribution in [0.25, 0.3) is 0 Å². The number of benzene rings is 1. The van der Waals surface area contributed by atoms with Crippen LogP contribution in [0, 0.1) is 13.8 Å². The standard InChI is InChI=1S/C18H30/c1-9-10-18(7,8)16-12-15(17(4,5)6)11-13(2)14(16)3/h11-12H,9-10H2,1-8H3. The summed E-state index contributed by atoms with van der Waals surface area (Å²) in [6, 6.07) is 4.80. The molecule has 0 bridgehead atoms. The van der Waals surface area contributed by atoms with Gasteiger partial charge < -0.3 is 0 Å². The van der Waals surface area contributed by atoms with Gasteiger partial charge in [0.1, 0.15) is 0 Å². The summed E-state index contributed by atoms with van der Waals surface area (Å²) < 4.78 is 0. The van der Waals surface area contributed by atoms with Crippen LogP contribution in [0.3, 0.4) is 0 Å². The first kappa shape index (κ1) is 15.3. The van der Waals surface area contributed by atoms with Gasteiger partial charge in [-0.3, -0.25) is 0 Å². The van der Waals surface area contributed by atoms with Crippen molar-refractivity contribution in [3.8, 4) is 0 Å². The van der Waals surface area contributed by atoms with E-state index in [2.05, 4.69) is 67.5 Å². The van der Waals surface area contributed by atoms with Crippen LogP contribution in [-0.2, 0) is 10.8 Å². The molecule has 0 heteroatoms. The maximum Gasteiger partial charge on any atom is -0.0101 e. The van der Waals surface area contributed by atoms with Gasteiger partial charge in [0.05, 0.1) is 0 Å². The molecule has 0 atom stereocenters. The normalized spacial score (nSPS) is 12.9. The zero-order valence-corrected chi connectivity index (χ0v) is 13.6. The average Bonchev–Trinajstić information content (AvgIpc) is 2.19. The second-order valence-electron chi connectivity index (χ2n) is 7.35. The van der Waals surface area contributed by atoms with Gasteiger partial charge in [0.2, 0.25) is 0 Å². The van der Waals surface area contributed by atoms with E-state index in [4.69, 9.17) is 0 Å². The minimum atomic E-state index is 0.232. The lowest BCUT2D eigenvalue weighted by atomic mass is 9.74. The quantitative estimate of drug-likeness (QED) is 0.643. The fourth-order valence-electron chi connectivity index (χ4n) is 2.75. The van der Waals surface area contributed by atoms with Crippen molar-refractivity contribution in [1.82, 2.24) is 0 Å². The van der Waals surface area contributed by atoms with Gasteiger partial charge in [-0.15, -0.1) is 0 Å². The van der Waals surface area contributed by atoms with Crippen molar-refractivity contribution in [1.29, 1.82) is 0 Å². The van der Waals surface area contributed by atoms with E-state index < -0.39 is 0 Å². The van der Waals surface area contributed by atoms with Gasteiger partial charge in [-0.05, 0) is 53.4 Å². The summed E-state index contributed by atoms with van der Waals surface area (Å²) in [6.45, 7) is 18.5. The summed E-state index contributed by atoms with van der Waals surface area (Å²) in [5.41, 5.74) is 6.42. The van der Waals surface area contributed by atoms with Crippen LogP contribution in [-0.4, -0.2) is 0 Å². The Morgan fingerprint density at radius 1 is 0.944 bits per heavy atom. The molecule has 1 aromatic carbocycles. The summed E-state index contributed by atoms with van der Waals surface area (Å²) in [4.78, 5) is 0. The summed E-state index contributed by atoms with van der Waals surface area (Å²) in [5, 5.41) is 0. The van der Waals surface area contributed by atoms with E-state index in [0.29, 0.717) is 0 Å². The van der Waals surface area contributed by atoms with Gasteiger partial charge in [0.25, 0.3) is 0 Å². The molecule has 0 unspecified atom stereocenters.